The number of carbonyl (C=O) groups is 3. The number of aromatic nitrogens is 1. The van der Waals surface area contributed by atoms with E-state index >= 15 is 0 Å². The number of rotatable bonds is 8. The predicted molar refractivity (Wildman–Crippen MR) is 153 cm³/mol. The van der Waals surface area contributed by atoms with E-state index in [1.54, 1.807) is 6.08 Å². The molecule has 204 valence electrons. The average molecular weight is 596 g/mol. The van der Waals surface area contributed by atoms with Crippen LogP contribution in [0.15, 0.2) is 94.1 Å². The van der Waals surface area contributed by atoms with Gasteiger partial charge in [0, 0.05) is 16.7 Å². The first-order valence-electron chi connectivity index (χ1n) is 11.9. The standard InChI is InChI=1S/C27H22ClN5O5S2/c28-12-11-17-13-39-25-20(31-23(34)19(32-37)18-14-40-27(29)30-18)24(35)33(25)21(17)26(36)38-22(15-7-3-1-4-8-15)16-9-5-2-6-10-16/h1-12,14,20,22,25,37H,13H2,(H2,29,30)(H,31,34)/b12-11+,32-19+/t20?,25-/m1/s1. The highest BCUT2D eigenvalue weighted by Gasteiger charge is 2.54. The number of β-lactam (4-membered cyclic amide) rings is 1. The lowest BCUT2D eigenvalue weighted by Crippen LogP contribution is -2.71. The highest BCUT2D eigenvalue weighted by molar-refractivity contribution is 8.00. The molecule has 13 heteroatoms. The largest absolute Gasteiger partial charge is 0.448 e. The van der Waals surface area contributed by atoms with E-state index in [4.69, 9.17) is 22.1 Å². The minimum Gasteiger partial charge on any atom is -0.448 e. The molecule has 0 aliphatic carbocycles. The number of oxime groups is 1. The Kier molecular flexibility index (Phi) is 8.19. The second-order valence-corrected chi connectivity index (χ2v) is 10.9. The van der Waals surface area contributed by atoms with E-state index in [9.17, 15) is 19.6 Å². The van der Waals surface area contributed by atoms with Crippen LogP contribution in [-0.2, 0) is 19.1 Å². The first kappa shape index (κ1) is 27.4. The number of allylic oxidation sites excluding steroid dienone is 1. The molecule has 10 nitrogen and oxygen atoms in total. The molecule has 2 amide bonds. The third kappa shape index (κ3) is 5.33. The minimum atomic E-state index is -0.978. The van der Waals surface area contributed by atoms with Crippen molar-refractivity contribution in [3.63, 3.8) is 0 Å². The van der Waals surface area contributed by atoms with Gasteiger partial charge in [-0.15, -0.1) is 23.1 Å². The molecule has 40 heavy (non-hydrogen) atoms. The molecule has 2 aliphatic rings. The maximum Gasteiger partial charge on any atom is 0.356 e. The number of amides is 2. The molecule has 1 saturated heterocycles. The highest BCUT2D eigenvalue weighted by atomic mass is 35.5. The van der Waals surface area contributed by atoms with Gasteiger partial charge in [0.05, 0.1) is 0 Å². The van der Waals surface area contributed by atoms with Crippen LogP contribution in [0.5, 0.6) is 0 Å². The van der Waals surface area contributed by atoms with Gasteiger partial charge in [0.2, 0.25) is 0 Å². The van der Waals surface area contributed by atoms with Gasteiger partial charge in [-0.1, -0.05) is 77.4 Å². The van der Waals surface area contributed by atoms with Gasteiger partial charge in [0.1, 0.15) is 22.8 Å². The van der Waals surface area contributed by atoms with Gasteiger partial charge >= 0.3 is 5.97 Å². The SMILES string of the molecule is Nc1nc(/C(=N\O)C(=O)NC2C(=O)N3C(C(=O)OC(c4ccccc4)c4ccccc4)=C(/C=C/Cl)CS[C@H]23)cs1. The Morgan fingerprint density at radius 2 is 1.82 bits per heavy atom. The van der Waals surface area contributed by atoms with E-state index in [-0.39, 0.29) is 22.2 Å². The monoisotopic (exact) mass is 595 g/mol. The molecule has 1 aromatic heterocycles. The zero-order valence-electron chi connectivity index (χ0n) is 20.6. The van der Waals surface area contributed by atoms with Crippen LogP contribution in [0.1, 0.15) is 22.9 Å². The zero-order chi connectivity index (χ0) is 28.2. The summed E-state index contributed by atoms with van der Waals surface area (Å²) < 4.78 is 6.04. The fourth-order valence-electron chi connectivity index (χ4n) is 4.40. The second-order valence-electron chi connectivity index (χ2n) is 8.65. The number of nitrogens with one attached hydrogen (secondary N) is 1. The number of esters is 1. The Morgan fingerprint density at radius 3 is 2.38 bits per heavy atom. The lowest BCUT2D eigenvalue weighted by Gasteiger charge is -2.49. The first-order chi connectivity index (χ1) is 19.4. The number of nitrogens with zero attached hydrogens (tertiary/aromatic N) is 3. The van der Waals surface area contributed by atoms with Crippen LogP contribution < -0.4 is 11.1 Å². The van der Waals surface area contributed by atoms with E-state index in [0.29, 0.717) is 11.3 Å². The number of thioether (sulfide) groups is 1. The number of anilines is 1. The van der Waals surface area contributed by atoms with E-state index in [1.807, 2.05) is 60.7 Å². The van der Waals surface area contributed by atoms with Crippen molar-refractivity contribution in [1.29, 1.82) is 0 Å². The van der Waals surface area contributed by atoms with Crippen LogP contribution >= 0.6 is 34.7 Å². The number of halogens is 1. The zero-order valence-corrected chi connectivity index (χ0v) is 23.0. The van der Waals surface area contributed by atoms with Crippen molar-refractivity contribution in [3.05, 3.63) is 106 Å². The van der Waals surface area contributed by atoms with Crippen LogP contribution in [0, 0.1) is 0 Å². The molecule has 3 heterocycles. The van der Waals surface area contributed by atoms with Crippen molar-refractivity contribution >= 4 is 63.3 Å². The fourth-order valence-corrected chi connectivity index (χ4v) is 6.42. The molecule has 2 atom stereocenters. The average Bonchev–Trinajstić information content (AvgIpc) is 3.41. The molecule has 1 unspecified atom stereocenters. The maximum atomic E-state index is 13.7. The summed E-state index contributed by atoms with van der Waals surface area (Å²) in [5.74, 6) is -1.70. The molecule has 3 aromatic rings. The van der Waals surface area contributed by atoms with Gasteiger partial charge in [-0.2, -0.15) is 0 Å². The Hall–Kier alpha value is -4.13. The number of nitrogens with two attached hydrogens (primary N) is 1. The molecule has 1 fully saturated rings. The minimum absolute atomic E-state index is 0.0522. The molecular weight excluding hydrogens is 574 g/mol. The molecule has 0 saturated carbocycles. The summed E-state index contributed by atoms with van der Waals surface area (Å²) in [5, 5.41) is 16.1. The van der Waals surface area contributed by atoms with Gasteiger partial charge in [0.25, 0.3) is 11.8 Å². The smallest absolute Gasteiger partial charge is 0.356 e. The highest BCUT2D eigenvalue weighted by Crippen LogP contribution is 2.42. The van der Waals surface area contributed by atoms with Crippen molar-refractivity contribution in [2.45, 2.75) is 17.5 Å². The molecule has 2 aromatic carbocycles. The van der Waals surface area contributed by atoms with Crippen molar-refractivity contribution in [2.75, 3.05) is 11.5 Å². The van der Waals surface area contributed by atoms with Crippen LogP contribution in [-0.4, -0.2) is 55.8 Å². The summed E-state index contributed by atoms with van der Waals surface area (Å²) in [5.41, 5.74) is 8.67. The third-order valence-corrected chi connectivity index (χ3v) is 8.35. The fraction of sp³-hybridized carbons (Fsp3) is 0.148. The summed E-state index contributed by atoms with van der Waals surface area (Å²) in [6.45, 7) is 0. The van der Waals surface area contributed by atoms with E-state index in [1.165, 1.54) is 27.6 Å². The lowest BCUT2D eigenvalue weighted by atomic mass is 10.0. The van der Waals surface area contributed by atoms with Crippen LogP contribution in [0.25, 0.3) is 0 Å². The Morgan fingerprint density at radius 1 is 1.18 bits per heavy atom. The van der Waals surface area contributed by atoms with Gasteiger partial charge in [0.15, 0.2) is 16.9 Å². The first-order valence-corrected chi connectivity index (χ1v) is 14.3. The summed E-state index contributed by atoms with van der Waals surface area (Å²) in [7, 11) is 0. The second kappa shape index (κ2) is 11.9. The van der Waals surface area contributed by atoms with Gasteiger partial charge in [-0.25, -0.2) is 9.78 Å². The van der Waals surface area contributed by atoms with Gasteiger partial charge in [-0.3, -0.25) is 14.5 Å². The number of carbonyl (C=O) groups excluding carboxylic acids is 3. The number of hydrogen-bond acceptors (Lipinski definition) is 10. The quantitative estimate of drug-likeness (QED) is 0.118. The van der Waals surface area contributed by atoms with Crippen molar-refractivity contribution in [3.8, 4) is 0 Å². The molecule has 0 bridgehead atoms. The number of fused-ring (bicyclic) bond motifs is 1. The van der Waals surface area contributed by atoms with Crippen LogP contribution in [0.4, 0.5) is 5.13 Å². The van der Waals surface area contributed by atoms with E-state index in [2.05, 4.69) is 15.5 Å². The summed E-state index contributed by atoms with van der Waals surface area (Å²) in [6, 6.07) is 17.6. The summed E-state index contributed by atoms with van der Waals surface area (Å²) >= 11 is 8.28. The van der Waals surface area contributed by atoms with Crippen molar-refractivity contribution < 1.29 is 24.3 Å². The molecule has 2 aliphatic heterocycles. The molecular formula is C27H22ClN5O5S2. The third-order valence-electron chi connectivity index (χ3n) is 6.25. The summed E-state index contributed by atoms with van der Waals surface area (Å²) in [6.07, 6.45) is 0.821. The van der Waals surface area contributed by atoms with Gasteiger partial charge < -0.3 is 21.0 Å². The van der Waals surface area contributed by atoms with Crippen LogP contribution in [0.3, 0.4) is 0 Å². The topological polar surface area (TPSA) is 147 Å². The number of benzene rings is 2. The predicted octanol–water partition coefficient (Wildman–Crippen LogP) is 3.64. The van der Waals surface area contributed by atoms with E-state index in [0.717, 1.165) is 22.5 Å². The maximum absolute atomic E-state index is 13.7. The van der Waals surface area contributed by atoms with E-state index < -0.39 is 35.3 Å². The number of hydrogen-bond donors (Lipinski definition) is 3. The van der Waals surface area contributed by atoms with Crippen molar-refractivity contribution in [1.82, 2.24) is 15.2 Å². The molecule has 0 radical (unpaired) electrons. The Bertz CT molecular complexity index is 1490. The number of ether oxygens (including phenoxy) is 1. The van der Waals surface area contributed by atoms with Crippen LogP contribution in [0.2, 0.25) is 0 Å². The van der Waals surface area contributed by atoms with Crippen molar-refractivity contribution in [2.24, 2.45) is 5.16 Å². The number of thiazole rings is 1. The summed E-state index contributed by atoms with van der Waals surface area (Å²) in [4.78, 5) is 45.2. The normalized spacial score (nSPS) is 19.0. The molecule has 4 N–H and O–H groups in total. The molecule has 0 spiro atoms. The number of nitrogen functional groups attached to an aromatic ring is 1. The lowest BCUT2D eigenvalue weighted by molar-refractivity contribution is -0.154. The Labute approximate surface area is 242 Å². The molecule has 5 rings (SSSR count). The Balaban J connectivity index is 1.40. The van der Waals surface area contributed by atoms with Gasteiger partial charge in [-0.05, 0) is 22.8 Å².